The molecule has 0 rings (SSSR count). The summed E-state index contributed by atoms with van der Waals surface area (Å²) in [6.45, 7) is 18.9. The van der Waals surface area contributed by atoms with Crippen LogP contribution in [0.25, 0.3) is 0 Å². The summed E-state index contributed by atoms with van der Waals surface area (Å²) in [6, 6.07) is 0. The molecule has 6 nitrogen and oxygen atoms in total. The molecule has 0 atom stereocenters. The highest BCUT2D eigenvalue weighted by Gasteiger charge is 2.31. The van der Waals surface area contributed by atoms with Crippen molar-refractivity contribution in [1.82, 2.24) is 4.90 Å². The minimum absolute atomic E-state index is 0.00643. The van der Waals surface area contributed by atoms with E-state index in [1.165, 1.54) is 122 Å². The number of nitrogens with zero attached hydrogens (tertiary/aromatic N) is 1. The highest BCUT2D eigenvalue weighted by molar-refractivity contribution is 5.76. The Labute approximate surface area is 343 Å². The van der Waals surface area contributed by atoms with Gasteiger partial charge < -0.3 is 19.5 Å². The second-order valence-corrected chi connectivity index (χ2v) is 18.4. The summed E-state index contributed by atoms with van der Waals surface area (Å²) in [5.41, 5.74) is -0.844. The zero-order valence-electron chi connectivity index (χ0n) is 38.3. The molecule has 0 amide bonds. The smallest absolute Gasteiger partial charge is 0.311 e. The van der Waals surface area contributed by atoms with E-state index in [0.29, 0.717) is 6.61 Å². The second kappa shape index (κ2) is 37.2. The third kappa shape index (κ3) is 32.5. The van der Waals surface area contributed by atoms with Gasteiger partial charge in [0.2, 0.25) is 0 Å². The van der Waals surface area contributed by atoms with Gasteiger partial charge in [0, 0.05) is 13.2 Å². The van der Waals surface area contributed by atoms with Crippen LogP contribution in [0.3, 0.4) is 0 Å². The fraction of sp³-hybridized carbons (Fsp3) is 0.959. The lowest BCUT2D eigenvalue weighted by Gasteiger charge is -2.27. The lowest BCUT2D eigenvalue weighted by atomic mass is 9.86. The first-order valence-electron chi connectivity index (χ1n) is 24.3. The Morgan fingerprint density at radius 2 is 0.836 bits per heavy atom. The molecule has 0 spiro atoms. The maximum atomic E-state index is 13.4. The molecule has 0 saturated heterocycles. The number of hydrogen-bond donors (Lipinski definition) is 1. The summed E-state index contributed by atoms with van der Waals surface area (Å²) in [6.07, 6.45) is 37.6. The number of unbranched alkanes of at least 4 members (excludes halogenated alkanes) is 22. The van der Waals surface area contributed by atoms with Crippen molar-refractivity contribution >= 4 is 11.9 Å². The van der Waals surface area contributed by atoms with Gasteiger partial charge in [0.05, 0.1) is 17.4 Å². The molecular weight excluding hydrogens is 683 g/mol. The molecule has 0 unspecified atom stereocenters. The summed E-state index contributed by atoms with van der Waals surface area (Å²) in [5, 5.41) is 9.48. The highest BCUT2D eigenvalue weighted by atomic mass is 16.5. The number of hydrogen-bond acceptors (Lipinski definition) is 6. The molecule has 328 valence electrons. The predicted octanol–water partition coefficient (Wildman–Crippen LogP) is 14.3. The minimum atomic E-state index is -0.434. The van der Waals surface area contributed by atoms with E-state index >= 15 is 0 Å². The van der Waals surface area contributed by atoms with Crippen molar-refractivity contribution in [2.24, 2.45) is 10.8 Å². The molecule has 0 aliphatic carbocycles. The zero-order chi connectivity index (χ0) is 40.9. The third-order valence-corrected chi connectivity index (χ3v) is 11.8. The lowest BCUT2D eigenvalue weighted by Crippen LogP contribution is -2.31. The minimum Gasteiger partial charge on any atom is -0.465 e. The van der Waals surface area contributed by atoms with Gasteiger partial charge in [-0.15, -0.1) is 0 Å². The Bertz CT molecular complexity index is 842. The molecule has 0 radical (unpaired) electrons. The Balaban J connectivity index is 4.41. The molecule has 0 saturated carbocycles. The molecule has 0 aromatic heterocycles. The van der Waals surface area contributed by atoms with E-state index in [1.54, 1.807) is 0 Å². The van der Waals surface area contributed by atoms with Crippen molar-refractivity contribution in [1.29, 1.82) is 0 Å². The van der Waals surface area contributed by atoms with Crippen LogP contribution in [-0.2, 0) is 19.1 Å². The molecule has 1 N–H and O–H groups in total. The van der Waals surface area contributed by atoms with Gasteiger partial charge in [-0.1, -0.05) is 162 Å². The second-order valence-electron chi connectivity index (χ2n) is 18.4. The molecule has 0 aliphatic rings. The highest BCUT2D eigenvalue weighted by Crippen LogP contribution is 2.29. The number of carbonyl (C=O) groups excluding carboxylic acids is 2. The average molecular weight is 780 g/mol. The van der Waals surface area contributed by atoms with Crippen molar-refractivity contribution in [3.63, 3.8) is 0 Å². The monoisotopic (exact) mass is 780 g/mol. The fourth-order valence-corrected chi connectivity index (χ4v) is 7.64. The van der Waals surface area contributed by atoms with Crippen LogP contribution < -0.4 is 0 Å². The normalized spacial score (nSPS) is 12.3. The average Bonchev–Trinajstić information content (AvgIpc) is 3.16. The number of carbonyl (C=O) groups is 2. The maximum Gasteiger partial charge on any atom is 0.311 e. The number of aliphatic hydroxyl groups excluding tert-OH is 1. The number of esters is 2. The van der Waals surface area contributed by atoms with E-state index in [2.05, 4.69) is 39.5 Å². The van der Waals surface area contributed by atoms with Gasteiger partial charge >= 0.3 is 11.9 Å². The van der Waals surface area contributed by atoms with E-state index in [4.69, 9.17) is 9.47 Å². The standard InChI is InChI=1S/C49H97NO5/c1-8-11-14-17-20-27-34-44-54-46(52)48(4,5)38-30-23-25-32-40-50(42-35-43-51)41-33-26-24-31-39-49(6,7)47(53)55-45(36-28-21-18-15-12-9-2)37-29-22-19-16-13-10-3/h45,51H,8-44H2,1-7H3. The SMILES string of the molecule is CCCCCCCCCOC(=O)C(C)(C)CCCCCCN(CCCO)CCCCCCC(C)(C)C(=O)OC(CCCCCCCC)CCCCCCCC. The van der Waals surface area contributed by atoms with Gasteiger partial charge in [-0.2, -0.15) is 0 Å². The first-order chi connectivity index (χ1) is 26.5. The van der Waals surface area contributed by atoms with E-state index in [9.17, 15) is 14.7 Å². The first-order valence-corrected chi connectivity index (χ1v) is 24.3. The zero-order valence-corrected chi connectivity index (χ0v) is 38.3. The predicted molar refractivity (Wildman–Crippen MR) is 237 cm³/mol. The Hall–Kier alpha value is -1.14. The van der Waals surface area contributed by atoms with E-state index < -0.39 is 10.8 Å². The molecule has 0 aromatic carbocycles. The van der Waals surface area contributed by atoms with E-state index in [1.807, 2.05) is 13.8 Å². The van der Waals surface area contributed by atoms with Crippen LogP contribution in [0.1, 0.15) is 254 Å². The van der Waals surface area contributed by atoms with Crippen LogP contribution in [0.4, 0.5) is 0 Å². The Kier molecular flexibility index (Phi) is 36.4. The van der Waals surface area contributed by atoms with Crippen LogP contribution in [0, 0.1) is 10.8 Å². The number of ether oxygens (including phenoxy) is 2. The molecule has 0 aliphatic heterocycles. The molecule has 0 bridgehead atoms. The molecule has 0 aromatic rings. The van der Waals surface area contributed by atoms with Gasteiger partial charge in [-0.3, -0.25) is 9.59 Å². The summed E-state index contributed by atoms with van der Waals surface area (Å²) in [7, 11) is 0. The molecule has 0 fully saturated rings. The van der Waals surface area contributed by atoms with E-state index in [0.717, 1.165) is 103 Å². The van der Waals surface area contributed by atoms with Crippen molar-refractivity contribution in [3.05, 3.63) is 0 Å². The number of rotatable bonds is 42. The first kappa shape index (κ1) is 53.9. The van der Waals surface area contributed by atoms with Crippen molar-refractivity contribution < 1.29 is 24.2 Å². The van der Waals surface area contributed by atoms with Crippen LogP contribution >= 0.6 is 0 Å². The Morgan fingerprint density at radius 1 is 0.473 bits per heavy atom. The van der Waals surface area contributed by atoms with Crippen LogP contribution in [0.5, 0.6) is 0 Å². The van der Waals surface area contributed by atoms with Crippen molar-refractivity contribution in [2.75, 3.05) is 32.8 Å². The fourth-order valence-electron chi connectivity index (χ4n) is 7.64. The van der Waals surface area contributed by atoms with Gasteiger partial charge in [0.1, 0.15) is 6.10 Å². The van der Waals surface area contributed by atoms with Gasteiger partial charge in [0.25, 0.3) is 0 Å². The lowest BCUT2D eigenvalue weighted by molar-refractivity contribution is -0.161. The van der Waals surface area contributed by atoms with Gasteiger partial charge in [-0.25, -0.2) is 0 Å². The summed E-state index contributed by atoms with van der Waals surface area (Å²) < 4.78 is 11.9. The van der Waals surface area contributed by atoms with Crippen LogP contribution in [-0.4, -0.2) is 60.9 Å². The van der Waals surface area contributed by atoms with Gasteiger partial charge in [-0.05, 0) is 105 Å². The summed E-state index contributed by atoms with van der Waals surface area (Å²) in [4.78, 5) is 28.6. The largest absolute Gasteiger partial charge is 0.465 e. The van der Waals surface area contributed by atoms with E-state index in [-0.39, 0.29) is 24.6 Å². The topological polar surface area (TPSA) is 76.1 Å². The summed E-state index contributed by atoms with van der Waals surface area (Å²) in [5.74, 6) is -0.0321. The van der Waals surface area contributed by atoms with Crippen molar-refractivity contribution in [2.45, 2.75) is 260 Å². The van der Waals surface area contributed by atoms with Gasteiger partial charge in [0.15, 0.2) is 0 Å². The molecule has 6 heteroatoms. The number of aliphatic hydroxyl groups is 1. The summed E-state index contributed by atoms with van der Waals surface area (Å²) >= 11 is 0. The Morgan fingerprint density at radius 3 is 1.29 bits per heavy atom. The molecule has 0 heterocycles. The van der Waals surface area contributed by atoms with Crippen LogP contribution in [0.15, 0.2) is 0 Å². The molecular formula is C49H97NO5. The maximum absolute atomic E-state index is 13.4. The van der Waals surface area contributed by atoms with Crippen LogP contribution in [0.2, 0.25) is 0 Å². The third-order valence-electron chi connectivity index (χ3n) is 11.8. The van der Waals surface area contributed by atoms with Crippen molar-refractivity contribution in [3.8, 4) is 0 Å². The molecule has 55 heavy (non-hydrogen) atoms. The quantitative estimate of drug-likeness (QED) is 0.0491.